The normalized spacial score (nSPS) is 19.3. The molecular formula is C22H26N4O3S. The molecule has 2 atom stereocenters. The number of ether oxygens (including phenoxy) is 1. The molecule has 0 aliphatic carbocycles. The molecule has 0 saturated carbocycles. The second-order valence-corrected chi connectivity index (χ2v) is 9.42. The molecule has 8 heteroatoms. The van der Waals surface area contributed by atoms with Gasteiger partial charge in [-0.1, -0.05) is 24.3 Å². The van der Waals surface area contributed by atoms with Gasteiger partial charge in [-0.3, -0.25) is 4.90 Å². The van der Waals surface area contributed by atoms with Gasteiger partial charge in [-0.15, -0.1) is 11.3 Å². The maximum Gasteiger partial charge on any atom is 0.411 e. The van der Waals surface area contributed by atoms with Crippen molar-refractivity contribution in [3.63, 3.8) is 0 Å². The van der Waals surface area contributed by atoms with Crippen LogP contribution in [0.15, 0.2) is 36.0 Å². The van der Waals surface area contributed by atoms with E-state index >= 15 is 0 Å². The number of nitrogens with one attached hydrogen (secondary N) is 1. The molecule has 1 saturated heterocycles. The van der Waals surface area contributed by atoms with Crippen LogP contribution in [-0.4, -0.2) is 49.3 Å². The number of rotatable bonds is 3. The third-order valence-electron chi connectivity index (χ3n) is 5.02. The number of aliphatic hydroxyl groups is 1. The van der Waals surface area contributed by atoms with Gasteiger partial charge in [0.2, 0.25) is 0 Å². The van der Waals surface area contributed by atoms with Crippen molar-refractivity contribution in [2.75, 3.05) is 6.54 Å². The molecule has 4 rings (SSSR count). The largest absolute Gasteiger partial charge is 0.444 e. The summed E-state index contributed by atoms with van der Waals surface area (Å²) in [6, 6.07) is 7.88. The van der Waals surface area contributed by atoms with Crippen LogP contribution in [0.3, 0.4) is 0 Å². The molecule has 0 unspecified atom stereocenters. The molecule has 7 nitrogen and oxygen atoms in total. The SMILES string of the molecule is Cc1ncsc1-c1ccc(-c2cnc([C@@H]3C[C@@H](O)CN3C(=O)OC(C)(C)C)[nH]2)cc1. The van der Waals surface area contributed by atoms with Gasteiger partial charge in [0, 0.05) is 6.42 Å². The number of benzene rings is 1. The third-order valence-corrected chi connectivity index (χ3v) is 6.00. The highest BCUT2D eigenvalue weighted by molar-refractivity contribution is 7.13. The zero-order valence-corrected chi connectivity index (χ0v) is 18.4. The predicted molar refractivity (Wildman–Crippen MR) is 116 cm³/mol. The molecular weight excluding hydrogens is 400 g/mol. The van der Waals surface area contributed by atoms with Gasteiger partial charge in [0.15, 0.2) is 0 Å². The minimum absolute atomic E-state index is 0.235. The number of carbonyl (C=O) groups is 1. The number of hydrogen-bond acceptors (Lipinski definition) is 6. The molecule has 0 spiro atoms. The van der Waals surface area contributed by atoms with Crippen molar-refractivity contribution in [3.8, 4) is 21.7 Å². The number of carbonyl (C=O) groups excluding carboxylic acids is 1. The van der Waals surface area contributed by atoms with Crippen molar-refractivity contribution in [2.45, 2.75) is 51.9 Å². The van der Waals surface area contributed by atoms with E-state index in [0.717, 1.165) is 22.5 Å². The Morgan fingerprint density at radius 3 is 2.57 bits per heavy atom. The maximum absolute atomic E-state index is 12.6. The van der Waals surface area contributed by atoms with Crippen LogP contribution in [0.25, 0.3) is 21.7 Å². The number of likely N-dealkylation sites (tertiary alicyclic amines) is 1. The highest BCUT2D eigenvalue weighted by atomic mass is 32.1. The van der Waals surface area contributed by atoms with Gasteiger partial charge in [-0.25, -0.2) is 14.8 Å². The summed E-state index contributed by atoms with van der Waals surface area (Å²) in [4.78, 5) is 27.4. The number of aromatic amines is 1. The molecule has 30 heavy (non-hydrogen) atoms. The average molecular weight is 427 g/mol. The maximum atomic E-state index is 12.6. The van der Waals surface area contributed by atoms with Crippen molar-refractivity contribution in [1.82, 2.24) is 19.9 Å². The van der Waals surface area contributed by atoms with Crippen LogP contribution in [0.5, 0.6) is 0 Å². The molecule has 2 N–H and O–H groups in total. The first kappa shape index (κ1) is 20.6. The van der Waals surface area contributed by atoms with Crippen LogP contribution in [-0.2, 0) is 4.74 Å². The fourth-order valence-corrected chi connectivity index (χ4v) is 4.44. The Balaban J connectivity index is 1.54. The van der Waals surface area contributed by atoms with Gasteiger partial charge in [-0.2, -0.15) is 0 Å². The summed E-state index contributed by atoms with van der Waals surface area (Å²) in [6.07, 6.45) is 1.15. The van der Waals surface area contributed by atoms with E-state index in [4.69, 9.17) is 4.74 Å². The summed E-state index contributed by atoms with van der Waals surface area (Å²) in [5.74, 6) is 0.648. The molecule has 3 heterocycles. The monoisotopic (exact) mass is 426 g/mol. The van der Waals surface area contributed by atoms with Crippen LogP contribution in [0.4, 0.5) is 4.79 Å². The van der Waals surface area contributed by atoms with Gasteiger partial charge in [0.05, 0.1) is 46.7 Å². The summed E-state index contributed by atoms with van der Waals surface area (Å²) in [5, 5.41) is 10.2. The molecule has 3 aromatic rings. The van der Waals surface area contributed by atoms with Crippen LogP contribution in [0, 0.1) is 6.92 Å². The first-order valence-electron chi connectivity index (χ1n) is 9.95. The minimum atomic E-state index is -0.599. The van der Waals surface area contributed by atoms with E-state index in [1.165, 1.54) is 4.88 Å². The zero-order chi connectivity index (χ0) is 21.5. The number of thiazole rings is 1. The van der Waals surface area contributed by atoms with E-state index in [0.29, 0.717) is 12.2 Å². The molecule has 1 aromatic carbocycles. The Hall–Kier alpha value is -2.71. The number of imidazole rings is 1. The van der Waals surface area contributed by atoms with Gasteiger partial charge in [0.25, 0.3) is 0 Å². The average Bonchev–Trinajstić information content (AvgIpc) is 3.39. The van der Waals surface area contributed by atoms with Gasteiger partial charge < -0.3 is 14.8 Å². The fraction of sp³-hybridized carbons (Fsp3) is 0.409. The highest BCUT2D eigenvalue weighted by Gasteiger charge is 2.39. The summed E-state index contributed by atoms with van der Waals surface area (Å²) < 4.78 is 5.50. The van der Waals surface area contributed by atoms with Crippen molar-refractivity contribution in [2.24, 2.45) is 0 Å². The van der Waals surface area contributed by atoms with Crippen LogP contribution in [0.2, 0.25) is 0 Å². The lowest BCUT2D eigenvalue weighted by Gasteiger charge is -2.27. The minimum Gasteiger partial charge on any atom is -0.444 e. The highest BCUT2D eigenvalue weighted by Crippen LogP contribution is 2.34. The Bertz CT molecular complexity index is 1040. The predicted octanol–water partition coefficient (Wildman–Crippen LogP) is 4.55. The van der Waals surface area contributed by atoms with Crippen molar-refractivity contribution in [3.05, 3.63) is 47.5 Å². The summed E-state index contributed by atoms with van der Waals surface area (Å²) in [7, 11) is 0. The van der Waals surface area contributed by atoms with Gasteiger partial charge in [0.1, 0.15) is 11.4 Å². The standard InChI is InChI=1S/C22H26N4O3S/c1-13-19(30-12-24-13)15-7-5-14(6-8-15)17-10-23-20(25-17)18-9-16(27)11-26(18)21(28)29-22(2,3)4/h5-8,10,12,16,18,27H,9,11H2,1-4H3,(H,23,25)/t16-,18+/m1/s1. The molecule has 2 aromatic heterocycles. The zero-order valence-electron chi connectivity index (χ0n) is 17.5. The molecule has 1 aliphatic rings. The summed E-state index contributed by atoms with van der Waals surface area (Å²) in [6.45, 7) is 7.73. The molecule has 1 fully saturated rings. The Labute approximate surface area is 179 Å². The second kappa shape index (κ2) is 7.85. The third kappa shape index (κ3) is 4.24. The van der Waals surface area contributed by atoms with E-state index in [1.54, 1.807) is 22.4 Å². The van der Waals surface area contributed by atoms with E-state index in [9.17, 15) is 9.90 Å². The lowest BCUT2D eigenvalue weighted by molar-refractivity contribution is 0.0201. The summed E-state index contributed by atoms with van der Waals surface area (Å²) in [5.41, 5.74) is 5.28. The lowest BCUT2D eigenvalue weighted by Crippen LogP contribution is -2.37. The number of H-pyrrole nitrogens is 1. The molecule has 1 aliphatic heterocycles. The van der Waals surface area contributed by atoms with Crippen molar-refractivity contribution < 1.29 is 14.6 Å². The van der Waals surface area contributed by atoms with E-state index in [2.05, 4.69) is 27.1 Å². The topological polar surface area (TPSA) is 91.3 Å². The number of aliphatic hydroxyl groups excluding tert-OH is 1. The molecule has 0 radical (unpaired) electrons. The Kier molecular flexibility index (Phi) is 5.38. The van der Waals surface area contributed by atoms with Gasteiger partial charge >= 0.3 is 6.09 Å². The van der Waals surface area contributed by atoms with E-state index in [1.807, 2.05) is 45.3 Å². The van der Waals surface area contributed by atoms with E-state index in [-0.39, 0.29) is 12.6 Å². The van der Waals surface area contributed by atoms with Crippen molar-refractivity contribution >= 4 is 17.4 Å². The smallest absolute Gasteiger partial charge is 0.411 e. The molecule has 0 bridgehead atoms. The first-order chi connectivity index (χ1) is 14.2. The number of β-amino-alcohol motifs (C(OH)–C–C–N with tert-alkyl or cyclic N) is 1. The lowest BCUT2D eigenvalue weighted by atomic mass is 10.1. The fourth-order valence-electron chi connectivity index (χ4n) is 3.63. The van der Waals surface area contributed by atoms with Crippen LogP contribution >= 0.6 is 11.3 Å². The van der Waals surface area contributed by atoms with Crippen LogP contribution in [0.1, 0.15) is 44.8 Å². The van der Waals surface area contributed by atoms with E-state index < -0.39 is 17.8 Å². The summed E-state index contributed by atoms with van der Waals surface area (Å²) >= 11 is 1.63. The quantitative estimate of drug-likeness (QED) is 0.641. The Morgan fingerprint density at radius 2 is 1.93 bits per heavy atom. The van der Waals surface area contributed by atoms with Crippen molar-refractivity contribution in [1.29, 1.82) is 0 Å². The molecule has 1 amide bonds. The second-order valence-electron chi connectivity index (χ2n) is 8.56. The number of aromatic nitrogens is 3. The Morgan fingerprint density at radius 1 is 1.23 bits per heavy atom. The van der Waals surface area contributed by atoms with Crippen LogP contribution < -0.4 is 0 Å². The number of aryl methyl sites for hydroxylation is 1. The first-order valence-corrected chi connectivity index (χ1v) is 10.8. The van der Waals surface area contributed by atoms with Gasteiger partial charge in [-0.05, 0) is 38.8 Å². The number of nitrogens with zero attached hydrogens (tertiary/aromatic N) is 3. The molecule has 158 valence electrons. The number of amides is 1. The number of hydrogen-bond donors (Lipinski definition) is 2.